The van der Waals surface area contributed by atoms with Crippen LogP contribution in [-0.4, -0.2) is 41.3 Å². The van der Waals surface area contributed by atoms with Crippen molar-refractivity contribution in [3.05, 3.63) is 0 Å². The van der Waals surface area contributed by atoms with Gasteiger partial charge >= 0.3 is 6.09 Å². The highest BCUT2D eigenvalue weighted by Crippen LogP contribution is 2.17. The Bertz CT molecular complexity index is 292. The molecule has 0 aromatic carbocycles. The predicted octanol–water partition coefficient (Wildman–Crippen LogP) is 0.764. The largest absolute Gasteiger partial charge is 0.444 e. The lowest BCUT2D eigenvalue weighted by molar-refractivity contribution is -0.117. The predicted molar refractivity (Wildman–Crippen MR) is 52.4 cm³/mol. The van der Waals surface area contributed by atoms with Crippen molar-refractivity contribution in [2.75, 3.05) is 6.54 Å². The molecule has 15 heavy (non-hydrogen) atoms. The summed E-state index contributed by atoms with van der Waals surface area (Å²) in [6, 6.07) is -0.660. The van der Waals surface area contributed by atoms with Gasteiger partial charge in [-0.25, -0.2) is 4.79 Å². The fourth-order valence-electron chi connectivity index (χ4n) is 1.36. The molecule has 0 N–H and O–H groups in total. The molecule has 1 atom stereocenters. The lowest BCUT2D eigenvalue weighted by atomic mass is 10.2. The van der Waals surface area contributed by atoms with Crippen molar-refractivity contribution in [3.63, 3.8) is 0 Å². The van der Waals surface area contributed by atoms with E-state index in [1.54, 1.807) is 20.8 Å². The van der Waals surface area contributed by atoms with Crippen LogP contribution in [0.4, 0.5) is 4.79 Å². The summed E-state index contributed by atoms with van der Waals surface area (Å²) in [4.78, 5) is 34.5. The molecule has 0 spiro atoms. The van der Waals surface area contributed by atoms with Gasteiger partial charge in [0, 0.05) is 6.42 Å². The van der Waals surface area contributed by atoms with Crippen molar-refractivity contribution in [2.24, 2.45) is 0 Å². The molecular formula is C10H15NO4. The van der Waals surface area contributed by atoms with Gasteiger partial charge in [0.15, 0.2) is 5.78 Å². The number of nitrogens with zero attached hydrogens (tertiary/aromatic N) is 1. The standard InChI is InChI=1S/C10H15NO4/c1-10(2,3)15-9(14)11-5-8(13)4-7(11)6-12/h6-7H,4-5H2,1-3H3. The van der Waals surface area contributed by atoms with E-state index in [1.807, 2.05) is 0 Å². The van der Waals surface area contributed by atoms with E-state index in [9.17, 15) is 14.4 Å². The van der Waals surface area contributed by atoms with Gasteiger partial charge in [0.05, 0.1) is 12.6 Å². The molecule has 1 rings (SSSR count). The molecule has 1 fully saturated rings. The molecule has 0 aliphatic carbocycles. The molecule has 5 heteroatoms. The minimum atomic E-state index is -0.660. The zero-order valence-corrected chi connectivity index (χ0v) is 9.15. The summed E-state index contributed by atoms with van der Waals surface area (Å²) in [5, 5.41) is 0. The van der Waals surface area contributed by atoms with Crippen molar-refractivity contribution in [1.29, 1.82) is 0 Å². The van der Waals surface area contributed by atoms with Crippen LogP contribution in [0.2, 0.25) is 0 Å². The Morgan fingerprint density at radius 1 is 1.53 bits per heavy atom. The van der Waals surface area contributed by atoms with E-state index in [1.165, 1.54) is 4.90 Å². The summed E-state index contributed by atoms with van der Waals surface area (Å²) in [5.74, 6) is -0.113. The van der Waals surface area contributed by atoms with E-state index in [0.717, 1.165) is 0 Å². The second-order valence-corrected chi connectivity index (χ2v) is 4.55. The first-order chi connectivity index (χ1) is 6.83. The molecule has 1 aliphatic heterocycles. The van der Waals surface area contributed by atoms with Gasteiger partial charge in [-0.15, -0.1) is 0 Å². The van der Waals surface area contributed by atoms with Gasteiger partial charge in [-0.2, -0.15) is 0 Å². The number of hydrogen-bond donors (Lipinski definition) is 0. The van der Waals surface area contributed by atoms with Gasteiger partial charge in [-0.3, -0.25) is 9.69 Å². The van der Waals surface area contributed by atoms with Crippen LogP contribution in [0.25, 0.3) is 0 Å². The number of amides is 1. The Kier molecular flexibility index (Phi) is 3.12. The Hall–Kier alpha value is -1.39. The van der Waals surface area contributed by atoms with Crippen LogP contribution in [0.15, 0.2) is 0 Å². The smallest absolute Gasteiger partial charge is 0.411 e. The van der Waals surface area contributed by atoms with Gasteiger partial charge in [0.1, 0.15) is 11.9 Å². The topological polar surface area (TPSA) is 63.7 Å². The highest BCUT2D eigenvalue weighted by molar-refractivity contribution is 5.92. The molecule has 0 radical (unpaired) electrons. The van der Waals surface area contributed by atoms with Crippen molar-refractivity contribution < 1.29 is 19.1 Å². The van der Waals surface area contributed by atoms with Gasteiger partial charge in [-0.05, 0) is 20.8 Å². The van der Waals surface area contributed by atoms with E-state index in [0.29, 0.717) is 6.29 Å². The van der Waals surface area contributed by atoms with E-state index in [4.69, 9.17) is 4.74 Å². The van der Waals surface area contributed by atoms with E-state index in [-0.39, 0.29) is 18.7 Å². The first-order valence-electron chi connectivity index (χ1n) is 4.80. The number of hydrogen-bond acceptors (Lipinski definition) is 4. The lowest BCUT2D eigenvalue weighted by Gasteiger charge is -2.25. The Balaban J connectivity index is 2.67. The van der Waals surface area contributed by atoms with Gasteiger partial charge < -0.3 is 9.53 Å². The minimum absolute atomic E-state index is 0.0294. The lowest BCUT2D eigenvalue weighted by Crippen LogP contribution is -2.40. The second kappa shape index (κ2) is 4.00. The summed E-state index contributed by atoms with van der Waals surface area (Å²) in [5.41, 5.74) is -0.615. The highest BCUT2D eigenvalue weighted by Gasteiger charge is 2.36. The van der Waals surface area contributed by atoms with Crippen LogP contribution in [0.1, 0.15) is 27.2 Å². The number of aldehydes is 1. The Labute approximate surface area is 88.4 Å². The monoisotopic (exact) mass is 213 g/mol. The highest BCUT2D eigenvalue weighted by atomic mass is 16.6. The Morgan fingerprint density at radius 3 is 2.60 bits per heavy atom. The maximum atomic E-state index is 11.6. The van der Waals surface area contributed by atoms with Gasteiger partial charge in [0.2, 0.25) is 0 Å². The molecule has 5 nitrogen and oxygen atoms in total. The molecular weight excluding hydrogens is 198 g/mol. The second-order valence-electron chi connectivity index (χ2n) is 4.55. The Morgan fingerprint density at radius 2 is 2.13 bits per heavy atom. The van der Waals surface area contributed by atoms with Crippen molar-refractivity contribution >= 4 is 18.2 Å². The first-order valence-corrected chi connectivity index (χ1v) is 4.80. The quantitative estimate of drug-likeness (QED) is 0.603. The molecule has 1 unspecified atom stereocenters. The van der Waals surface area contributed by atoms with Crippen LogP contribution >= 0.6 is 0 Å². The molecule has 1 amide bonds. The van der Waals surface area contributed by atoms with E-state index < -0.39 is 17.7 Å². The van der Waals surface area contributed by atoms with Crippen molar-refractivity contribution in [3.8, 4) is 0 Å². The summed E-state index contributed by atoms with van der Waals surface area (Å²) in [7, 11) is 0. The molecule has 1 heterocycles. The molecule has 1 aliphatic rings. The van der Waals surface area contributed by atoms with Crippen molar-refractivity contribution in [1.82, 2.24) is 4.90 Å². The van der Waals surface area contributed by atoms with Gasteiger partial charge in [0.25, 0.3) is 0 Å². The fraction of sp³-hybridized carbons (Fsp3) is 0.700. The minimum Gasteiger partial charge on any atom is -0.444 e. The van der Waals surface area contributed by atoms with Crippen LogP contribution in [-0.2, 0) is 14.3 Å². The van der Waals surface area contributed by atoms with E-state index in [2.05, 4.69) is 0 Å². The maximum absolute atomic E-state index is 11.6. The zero-order chi connectivity index (χ0) is 11.6. The average molecular weight is 213 g/mol. The number of ether oxygens (including phenoxy) is 1. The summed E-state index contributed by atoms with van der Waals surface area (Å²) >= 11 is 0. The van der Waals surface area contributed by atoms with Gasteiger partial charge in [-0.1, -0.05) is 0 Å². The molecule has 0 saturated carbocycles. The molecule has 0 aromatic rings. The van der Waals surface area contributed by atoms with Crippen LogP contribution in [0, 0.1) is 0 Å². The van der Waals surface area contributed by atoms with E-state index >= 15 is 0 Å². The number of carbonyl (C=O) groups is 3. The number of carbonyl (C=O) groups excluding carboxylic acids is 3. The molecule has 0 bridgehead atoms. The van der Waals surface area contributed by atoms with Crippen LogP contribution in [0.3, 0.4) is 0 Å². The van der Waals surface area contributed by atoms with Crippen molar-refractivity contribution in [2.45, 2.75) is 38.8 Å². The third-order valence-corrected chi connectivity index (χ3v) is 1.97. The number of likely N-dealkylation sites (tertiary alicyclic amines) is 1. The fourth-order valence-corrected chi connectivity index (χ4v) is 1.36. The number of Topliss-reactive ketones (excluding diaryl/α,β-unsaturated/α-hetero) is 1. The first kappa shape index (κ1) is 11.7. The molecule has 84 valence electrons. The third-order valence-electron chi connectivity index (χ3n) is 1.97. The number of rotatable bonds is 1. The summed E-state index contributed by atoms with van der Waals surface area (Å²) in [6.45, 7) is 5.18. The van der Waals surface area contributed by atoms with Crippen LogP contribution in [0.5, 0.6) is 0 Å². The maximum Gasteiger partial charge on any atom is 0.411 e. The normalized spacial score (nSPS) is 21.7. The summed E-state index contributed by atoms with van der Waals surface area (Å²) in [6.07, 6.45) is 0.0999. The van der Waals surface area contributed by atoms with Crippen LogP contribution < -0.4 is 0 Å². The number of ketones is 1. The molecule has 0 aromatic heterocycles. The molecule has 1 saturated heterocycles. The third kappa shape index (κ3) is 3.04. The SMILES string of the molecule is CC(C)(C)OC(=O)N1CC(=O)CC1C=O. The summed E-state index contributed by atoms with van der Waals surface area (Å²) < 4.78 is 5.08. The average Bonchev–Trinajstić information content (AvgIpc) is 2.43. The zero-order valence-electron chi connectivity index (χ0n) is 9.15.